The van der Waals surface area contributed by atoms with Crippen LogP contribution in [0.4, 0.5) is 5.69 Å². The fraction of sp³-hybridized carbons (Fsp3) is 0.222. The van der Waals surface area contributed by atoms with E-state index in [1.165, 1.54) is 12.3 Å². The second-order valence-electron chi connectivity index (χ2n) is 2.55. The predicted molar refractivity (Wildman–Crippen MR) is 56.4 cm³/mol. The second-order valence-corrected chi connectivity index (χ2v) is 2.86. The molecule has 0 atom stereocenters. The lowest BCUT2D eigenvalue weighted by atomic mass is 10.2. The van der Waals surface area contributed by atoms with E-state index >= 15 is 0 Å². The van der Waals surface area contributed by atoms with Gasteiger partial charge in [0, 0.05) is 17.8 Å². The highest BCUT2D eigenvalue weighted by molar-refractivity contribution is 7.80. The molecule has 0 saturated carbocycles. The number of hydrogen-bond donors (Lipinski definition) is 1. The lowest BCUT2D eigenvalue weighted by molar-refractivity contribution is -0.385. The van der Waals surface area contributed by atoms with Gasteiger partial charge in [0.2, 0.25) is 0 Å². The highest BCUT2D eigenvalue weighted by Gasteiger charge is 2.11. The van der Waals surface area contributed by atoms with Gasteiger partial charge in [0.15, 0.2) is 0 Å². The Bertz CT molecular complexity index is 421. The molecule has 0 aliphatic carbocycles. The van der Waals surface area contributed by atoms with Crippen molar-refractivity contribution < 1.29 is 4.92 Å². The zero-order valence-corrected chi connectivity index (χ0v) is 8.41. The molecule has 1 aromatic rings. The van der Waals surface area contributed by atoms with Crippen LogP contribution in [0.5, 0.6) is 0 Å². The molecular formula is C9H8N2O2S. The molecule has 1 aromatic heterocycles. The second kappa shape index (κ2) is 4.63. The maximum absolute atomic E-state index is 10.6. The van der Waals surface area contributed by atoms with Crippen molar-refractivity contribution >= 4 is 18.3 Å². The number of aromatic nitrogens is 1. The lowest BCUT2D eigenvalue weighted by Gasteiger charge is -1.95. The Labute approximate surface area is 86.9 Å². The monoisotopic (exact) mass is 208 g/mol. The Morgan fingerprint density at radius 2 is 2.43 bits per heavy atom. The molecule has 0 fully saturated rings. The van der Waals surface area contributed by atoms with E-state index in [4.69, 9.17) is 0 Å². The minimum Gasteiger partial charge on any atom is -0.258 e. The van der Waals surface area contributed by atoms with Crippen molar-refractivity contribution in [1.29, 1.82) is 0 Å². The van der Waals surface area contributed by atoms with Crippen molar-refractivity contribution in [3.8, 4) is 11.8 Å². The Kier molecular flexibility index (Phi) is 3.48. The average molecular weight is 208 g/mol. The Hall–Kier alpha value is -1.54. The quantitative estimate of drug-likeness (QED) is 0.330. The van der Waals surface area contributed by atoms with Gasteiger partial charge in [-0.3, -0.25) is 15.1 Å². The molecule has 72 valence electrons. The fourth-order valence-electron chi connectivity index (χ4n) is 0.916. The predicted octanol–water partition coefficient (Wildman–Crippen LogP) is 1.58. The van der Waals surface area contributed by atoms with Gasteiger partial charge in [-0.15, -0.1) is 0 Å². The SMILES string of the molecule is Cc1ncc(C#CCS)cc1[N+](=O)[O-]. The third-order valence-electron chi connectivity index (χ3n) is 1.57. The van der Waals surface area contributed by atoms with E-state index in [2.05, 4.69) is 29.5 Å². The number of aryl methyl sites for hydroxylation is 1. The molecule has 0 amide bonds. The van der Waals surface area contributed by atoms with E-state index in [-0.39, 0.29) is 5.69 Å². The molecular weight excluding hydrogens is 200 g/mol. The lowest BCUT2D eigenvalue weighted by Crippen LogP contribution is -1.94. The molecule has 0 saturated heterocycles. The Morgan fingerprint density at radius 3 is 3.00 bits per heavy atom. The topological polar surface area (TPSA) is 56.0 Å². The van der Waals surface area contributed by atoms with Crippen molar-refractivity contribution in [3.05, 3.63) is 33.6 Å². The van der Waals surface area contributed by atoms with Crippen LogP contribution in [-0.2, 0) is 0 Å². The number of nitro groups is 1. The maximum Gasteiger partial charge on any atom is 0.291 e. The van der Waals surface area contributed by atoms with Crippen molar-refractivity contribution in [2.24, 2.45) is 0 Å². The highest BCUT2D eigenvalue weighted by Crippen LogP contribution is 2.15. The van der Waals surface area contributed by atoms with E-state index in [0.29, 0.717) is 17.0 Å². The van der Waals surface area contributed by atoms with Crippen molar-refractivity contribution in [1.82, 2.24) is 4.98 Å². The summed E-state index contributed by atoms with van der Waals surface area (Å²) in [7, 11) is 0. The Balaban J connectivity index is 3.13. The normalized spacial score (nSPS) is 9.00. The molecule has 0 spiro atoms. The van der Waals surface area contributed by atoms with Gasteiger partial charge in [0.25, 0.3) is 5.69 Å². The number of rotatable bonds is 1. The van der Waals surface area contributed by atoms with Crippen LogP contribution in [0, 0.1) is 28.9 Å². The zero-order valence-electron chi connectivity index (χ0n) is 7.52. The van der Waals surface area contributed by atoms with Crippen molar-refractivity contribution in [2.75, 3.05) is 5.75 Å². The van der Waals surface area contributed by atoms with Gasteiger partial charge in [-0.25, -0.2) is 0 Å². The van der Waals surface area contributed by atoms with E-state index in [9.17, 15) is 10.1 Å². The van der Waals surface area contributed by atoms with Crippen LogP contribution in [0.15, 0.2) is 12.3 Å². The van der Waals surface area contributed by atoms with E-state index in [1.807, 2.05) is 0 Å². The molecule has 0 N–H and O–H groups in total. The molecule has 0 aromatic carbocycles. The zero-order chi connectivity index (χ0) is 10.6. The molecule has 1 rings (SSSR count). The van der Waals surface area contributed by atoms with Gasteiger partial charge in [0.1, 0.15) is 5.69 Å². The van der Waals surface area contributed by atoms with Crippen molar-refractivity contribution in [2.45, 2.75) is 6.92 Å². The molecule has 1 heterocycles. The summed E-state index contributed by atoms with van der Waals surface area (Å²) in [4.78, 5) is 14.0. The summed E-state index contributed by atoms with van der Waals surface area (Å²) in [6.07, 6.45) is 1.51. The molecule has 14 heavy (non-hydrogen) atoms. The van der Waals surface area contributed by atoms with Gasteiger partial charge in [-0.2, -0.15) is 12.6 Å². The minimum atomic E-state index is -0.464. The summed E-state index contributed by atoms with van der Waals surface area (Å²) < 4.78 is 0. The van der Waals surface area contributed by atoms with E-state index in [1.54, 1.807) is 6.92 Å². The summed E-state index contributed by atoms with van der Waals surface area (Å²) in [5.41, 5.74) is 0.929. The van der Waals surface area contributed by atoms with Crippen LogP contribution in [0.2, 0.25) is 0 Å². The third kappa shape index (κ3) is 2.47. The summed E-state index contributed by atoms with van der Waals surface area (Å²) in [6.45, 7) is 1.59. The Morgan fingerprint density at radius 1 is 1.71 bits per heavy atom. The van der Waals surface area contributed by atoms with Gasteiger partial charge < -0.3 is 0 Å². The van der Waals surface area contributed by atoms with Gasteiger partial charge in [0.05, 0.1) is 10.7 Å². The summed E-state index contributed by atoms with van der Waals surface area (Å²) in [5, 5.41) is 10.6. The van der Waals surface area contributed by atoms with Crippen LogP contribution in [-0.4, -0.2) is 15.7 Å². The molecule has 0 aliphatic heterocycles. The van der Waals surface area contributed by atoms with Gasteiger partial charge in [-0.05, 0) is 6.92 Å². The largest absolute Gasteiger partial charge is 0.291 e. The smallest absolute Gasteiger partial charge is 0.258 e. The number of thiol groups is 1. The molecule has 0 bridgehead atoms. The fourth-order valence-corrected chi connectivity index (χ4v) is 0.995. The standard InChI is InChI=1S/C9H8N2O2S/c1-7-9(11(12)13)5-8(6-10-7)3-2-4-14/h5-6,14H,4H2,1H3. The van der Waals surface area contributed by atoms with E-state index in [0.717, 1.165) is 0 Å². The molecule has 0 unspecified atom stereocenters. The minimum absolute atomic E-state index is 0.00374. The number of hydrogen-bond acceptors (Lipinski definition) is 4. The first kappa shape index (κ1) is 10.5. The summed E-state index contributed by atoms with van der Waals surface area (Å²) >= 11 is 3.91. The summed E-state index contributed by atoms with van der Waals surface area (Å²) in [6, 6.07) is 1.42. The molecule has 0 radical (unpaired) electrons. The number of nitrogens with zero attached hydrogens (tertiary/aromatic N) is 2. The molecule has 5 heteroatoms. The maximum atomic E-state index is 10.6. The van der Waals surface area contributed by atoms with Crippen LogP contribution in [0.1, 0.15) is 11.3 Å². The van der Waals surface area contributed by atoms with Crippen LogP contribution < -0.4 is 0 Å². The van der Waals surface area contributed by atoms with Gasteiger partial charge in [-0.1, -0.05) is 11.8 Å². The molecule has 4 nitrogen and oxygen atoms in total. The van der Waals surface area contributed by atoms with E-state index < -0.39 is 4.92 Å². The third-order valence-corrected chi connectivity index (χ3v) is 1.73. The highest BCUT2D eigenvalue weighted by atomic mass is 32.1. The van der Waals surface area contributed by atoms with Crippen molar-refractivity contribution in [3.63, 3.8) is 0 Å². The first-order valence-electron chi connectivity index (χ1n) is 3.86. The average Bonchev–Trinajstić information content (AvgIpc) is 2.16. The first-order valence-corrected chi connectivity index (χ1v) is 4.49. The van der Waals surface area contributed by atoms with Crippen LogP contribution in [0.3, 0.4) is 0 Å². The number of pyridine rings is 1. The first-order chi connectivity index (χ1) is 6.65. The van der Waals surface area contributed by atoms with Gasteiger partial charge >= 0.3 is 0 Å². The van der Waals surface area contributed by atoms with Crippen LogP contribution >= 0.6 is 12.6 Å². The van der Waals surface area contributed by atoms with Crippen LogP contribution in [0.25, 0.3) is 0 Å². The summed E-state index contributed by atoms with van der Waals surface area (Å²) in [5.74, 6) is 5.84. The molecule has 0 aliphatic rings.